The number of likely N-dealkylation sites (N-methyl/N-ethyl adjacent to an activating group) is 1. The fourth-order valence-electron chi connectivity index (χ4n) is 3.12. The average Bonchev–Trinajstić information content (AvgIpc) is 3.29. The summed E-state index contributed by atoms with van der Waals surface area (Å²) in [6, 6.07) is 5.90. The van der Waals surface area contributed by atoms with Gasteiger partial charge < -0.3 is 15.1 Å². The molecular weight excluding hydrogens is 260 g/mol. The van der Waals surface area contributed by atoms with Crippen molar-refractivity contribution in [3.63, 3.8) is 0 Å². The van der Waals surface area contributed by atoms with Crippen molar-refractivity contribution in [1.82, 2.24) is 15.2 Å². The molecule has 2 aliphatic rings. The fraction of sp³-hybridized carbons (Fsp3) is 0.706. The quantitative estimate of drug-likeness (QED) is 0.900. The van der Waals surface area contributed by atoms with Gasteiger partial charge in [-0.05, 0) is 64.4 Å². The van der Waals surface area contributed by atoms with Gasteiger partial charge in [0, 0.05) is 37.4 Å². The normalized spacial score (nSPS) is 22.9. The highest BCUT2D eigenvalue weighted by molar-refractivity contribution is 5.43. The maximum atomic E-state index is 4.77. The molecule has 4 nitrogen and oxygen atoms in total. The molecule has 1 aliphatic carbocycles. The number of hydrogen-bond donors (Lipinski definition) is 1. The maximum absolute atomic E-state index is 4.77. The van der Waals surface area contributed by atoms with Gasteiger partial charge in [-0.1, -0.05) is 0 Å². The highest BCUT2D eigenvalue weighted by Crippen LogP contribution is 2.23. The van der Waals surface area contributed by atoms with Crippen molar-refractivity contribution in [2.24, 2.45) is 0 Å². The van der Waals surface area contributed by atoms with Crippen LogP contribution in [0.2, 0.25) is 0 Å². The number of piperidine rings is 1. The fourth-order valence-corrected chi connectivity index (χ4v) is 3.12. The number of pyridine rings is 1. The zero-order chi connectivity index (χ0) is 14.8. The second-order valence-corrected chi connectivity index (χ2v) is 6.84. The Balaban J connectivity index is 1.70. The van der Waals surface area contributed by atoms with Crippen LogP contribution in [0.3, 0.4) is 0 Å². The molecule has 2 heterocycles. The Labute approximate surface area is 128 Å². The molecule has 1 atom stereocenters. The summed E-state index contributed by atoms with van der Waals surface area (Å²) in [7, 11) is 4.37. The van der Waals surface area contributed by atoms with E-state index in [1.165, 1.54) is 31.2 Å². The Kier molecular flexibility index (Phi) is 4.45. The van der Waals surface area contributed by atoms with E-state index in [1.807, 2.05) is 0 Å². The molecule has 0 bridgehead atoms. The minimum atomic E-state index is 0.647. The number of hydrogen-bond acceptors (Lipinski definition) is 4. The van der Waals surface area contributed by atoms with Gasteiger partial charge in [-0.25, -0.2) is 4.98 Å². The lowest BCUT2D eigenvalue weighted by Crippen LogP contribution is -2.45. The van der Waals surface area contributed by atoms with Crippen molar-refractivity contribution in [2.75, 3.05) is 32.1 Å². The summed E-state index contributed by atoms with van der Waals surface area (Å²) in [5.41, 5.74) is 2.50. The van der Waals surface area contributed by atoms with Crippen LogP contribution in [0.5, 0.6) is 0 Å². The van der Waals surface area contributed by atoms with Gasteiger partial charge in [-0.3, -0.25) is 0 Å². The van der Waals surface area contributed by atoms with Crippen LogP contribution >= 0.6 is 0 Å². The summed E-state index contributed by atoms with van der Waals surface area (Å²) in [4.78, 5) is 9.58. The SMILES string of the molecule is Cc1cc(CNC2CC2)cc(N2CCCC(N(C)C)C2)n1. The van der Waals surface area contributed by atoms with E-state index in [1.54, 1.807) is 0 Å². The van der Waals surface area contributed by atoms with E-state index >= 15 is 0 Å². The van der Waals surface area contributed by atoms with Gasteiger partial charge in [0.2, 0.25) is 0 Å². The first-order chi connectivity index (χ1) is 10.1. The van der Waals surface area contributed by atoms with Gasteiger partial charge >= 0.3 is 0 Å². The summed E-state index contributed by atoms with van der Waals surface area (Å²) >= 11 is 0. The van der Waals surface area contributed by atoms with Crippen molar-refractivity contribution >= 4 is 5.82 Å². The second kappa shape index (κ2) is 6.32. The van der Waals surface area contributed by atoms with Crippen molar-refractivity contribution in [2.45, 2.75) is 51.2 Å². The van der Waals surface area contributed by atoms with E-state index in [2.05, 4.69) is 48.3 Å². The molecule has 1 aromatic rings. The molecule has 1 aliphatic heterocycles. The van der Waals surface area contributed by atoms with E-state index in [-0.39, 0.29) is 0 Å². The Bertz CT molecular complexity index is 482. The van der Waals surface area contributed by atoms with E-state index in [0.717, 1.165) is 37.2 Å². The summed E-state index contributed by atoms with van der Waals surface area (Å²) < 4.78 is 0. The lowest BCUT2D eigenvalue weighted by Gasteiger charge is -2.37. The van der Waals surface area contributed by atoms with Crippen LogP contribution in [0.15, 0.2) is 12.1 Å². The van der Waals surface area contributed by atoms with Crippen LogP contribution in [0.1, 0.15) is 36.9 Å². The van der Waals surface area contributed by atoms with Gasteiger partial charge in [0.1, 0.15) is 5.82 Å². The van der Waals surface area contributed by atoms with Crippen LogP contribution in [-0.2, 0) is 6.54 Å². The second-order valence-electron chi connectivity index (χ2n) is 6.84. The molecule has 1 saturated heterocycles. The largest absolute Gasteiger partial charge is 0.355 e. The predicted molar refractivity (Wildman–Crippen MR) is 87.8 cm³/mol. The number of anilines is 1. The molecule has 4 heteroatoms. The van der Waals surface area contributed by atoms with Gasteiger partial charge in [0.15, 0.2) is 0 Å². The molecule has 1 N–H and O–H groups in total. The van der Waals surface area contributed by atoms with Crippen LogP contribution in [0.25, 0.3) is 0 Å². The van der Waals surface area contributed by atoms with E-state index < -0.39 is 0 Å². The highest BCUT2D eigenvalue weighted by atomic mass is 15.2. The molecule has 1 saturated carbocycles. The summed E-state index contributed by atoms with van der Waals surface area (Å²) in [5.74, 6) is 1.16. The number of nitrogens with one attached hydrogen (secondary N) is 1. The summed E-state index contributed by atoms with van der Waals surface area (Å²) in [6.07, 6.45) is 5.24. The minimum Gasteiger partial charge on any atom is -0.355 e. The molecule has 1 aromatic heterocycles. The van der Waals surface area contributed by atoms with Crippen LogP contribution in [0, 0.1) is 6.92 Å². The van der Waals surface area contributed by atoms with Gasteiger partial charge in [-0.15, -0.1) is 0 Å². The number of nitrogens with zero attached hydrogens (tertiary/aromatic N) is 3. The first-order valence-electron chi connectivity index (χ1n) is 8.24. The molecule has 0 amide bonds. The summed E-state index contributed by atoms with van der Waals surface area (Å²) in [6.45, 7) is 5.32. The highest BCUT2D eigenvalue weighted by Gasteiger charge is 2.23. The van der Waals surface area contributed by atoms with Crippen LogP contribution < -0.4 is 10.2 Å². The molecule has 3 rings (SSSR count). The smallest absolute Gasteiger partial charge is 0.129 e. The van der Waals surface area contributed by atoms with Crippen molar-refractivity contribution in [1.29, 1.82) is 0 Å². The molecule has 2 fully saturated rings. The topological polar surface area (TPSA) is 31.4 Å². The van der Waals surface area contributed by atoms with Crippen molar-refractivity contribution in [3.05, 3.63) is 23.4 Å². The number of rotatable bonds is 5. The molecule has 1 unspecified atom stereocenters. The Morgan fingerprint density at radius 1 is 1.29 bits per heavy atom. The maximum Gasteiger partial charge on any atom is 0.129 e. The lowest BCUT2D eigenvalue weighted by atomic mass is 10.0. The molecule has 116 valence electrons. The van der Waals surface area contributed by atoms with Gasteiger partial charge in [0.25, 0.3) is 0 Å². The molecule has 0 spiro atoms. The third-order valence-corrected chi connectivity index (χ3v) is 4.62. The third kappa shape index (κ3) is 3.95. The molecular formula is C17H28N4. The van der Waals surface area contributed by atoms with Crippen LogP contribution in [-0.4, -0.2) is 49.2 Å². The van der Waals surface area contributed by atoms with E-state index in [0.29, 0.717) is 6.04 Å². The number of aromatic nitrogens is 1. The zero-order valence-electron chi connectivity index (χ0n) is 13.6. The molecule has 0 aromatic carbocycles. The Hall–Kier alpha value is -1.13. The van der Waals surface area contributed by atoms with Crippen molar-refractivity contribution in [3.8, 4) is 0 Å². The summed E-state index contributed by atoms with van der Waals surface area (Å²) in [5, 5.41) is 3.60. The van der Waals surface area contributed by atoms with Gasteiger partial charge in [0.05, 0.1) is 0 Å². The Morgan fingerprint density at radius 2 is 2.10 bits per heavy atom. The van der Waals surface area contributed by atoms with Gasteiger partial charge in [-0.2, -0.15) is 0 Å². The van der Waals surface area contributed by atoms with E-state index in [9.17, 15) is 0 Å². The van der Waals surface area contributed by atoms with Crippen molar-refractivity contribution < 1.29 is 0 Å². The predicted octanol–water partition coefficient (Wildman–Crippen LogP) is 2.17. The molecule has 0 radical (unpaired) electrons. The first kappa shape index (κ1) is 14.8. The Morgan fingerprint density at radius 3 is 2.81 bits per heavy atom. The average molecular weight is 288 g/mol. The molecule has 21 heavy (non-hydrogen) atoms. The first-order valence-corrected chi connectivity index (χ1v) is 8.24. The van der Waals surface area contributed by atoms with E-state index in [4.69, 9.17) is 4.98 Å². The minimum absolute atomic E-state index is 0.647. The van der Waals surface area contributed by atoms with Crippen LogP contribution in [0.4, 0.5) is 5.82 Å². The lowest BCUT2D eigenvalue weighted by molar-refractivity contribution is 0.257. The number of aryl methyl sites for hydroxylation is 1. The zero-order valence-corrected chi connectivity index (χ0v) is 13.6. The monoisotopic (exact) mass is 288 g/mol. The third-order valence-electron chi connectivity index (χ3n) is 4.62. The standard InChI is InChI=1S/C17H28N4/c1-13-9-14(11-18-15-6-7-15)10-17(19-13)21-8-4-5-16(12-21)20(2)3/h9-10,15-16,18H,4-8,11-12H2,1-3H3.